The number of hydrogen-bond acceptors (Lipinski definition) is 0. The van der Waals surface area contributed by atoms with Crippen molar-refractivity contribution >= 4 is 0 Å². The molecule has 0 aromatic heterocycles. The molecule has 0 heterocycles. The van der Waals surface area contributed by atoms with Crippen molar-refractivity contribution in [3.05, 3.63) is 0 Å². The average molecular weight is 222 g/mol. The molecule has 2 saturated carbocycles. The van der Waals surface area contributed by atoms with Crippen molar-refractivity contribution in [2.24, 2.45) is 23.7 Å². The van der Waals surface area contributed by atoms with E-state index < -0.39 is 0 Å². The molecule has 2 rings (SSSR count). The molecule has 16 heavy (non-hydrogen) atoms. The highest BCUT2D eigenvalue weighted by atomic mass is 14.3. The fourth-order valence-corrected chi connectivity index (χ4v) is 4.05. The Morgan fingerprint density at radius 3 is 2.06 bits per heavy atom. The minimum Gasteiger partial charge on any atom is -0.0651 e. The lowest BCUT2D eigenvalue weighted by Gasteiger charge is -2.35. The van der Waals surface area contributed by atoms with Crippen LogP contribution in [0.5, 0.6) is 0 Å². The molecule has 0 nitrogen and oxygen atoms in total. The predicted octanol–water partition coefficient (Wildman–Crippen LogP) is 5.42. The minimum absolute atomic E-state index is 1.03. The van der Waals surface area contributed by atoms with Gasteiger partial charge in [0.05, 0.1) is 0 Å². The second-order valence-electron chi connectivity index (χ2n) is 6.55. The Kier molecular flexibility index (Phi) is 4.73. The third kappa shape index (κ3) is 3.25. The number of rotatable bonds is 3. The standard InChI is InChI=1S/C16H30/c1-3-14-8-10-15(11-9-14)12-16-7-5-4-6-13(16)2/h13-16H,3-12H2,1-2H3. The zero-order chi connectivity index (χ0) is 11.4. The van der Waals surface area contributed by atoms with Crippen molar-refractivity contribution in [3.8, 4) is 0 Å². The van der Waals surface area contributed by atoms with Crippen LogP contribution in [0.3, 0.4) is 0 Å². The van der Waals surface area contributed by atoms with Gasteiger partial charge in [0.25, 0.3) is 0 Å². The summed E-state index contributed by atoms with van der Waals surface area (Å²) in [6, 6.07) is 0. The Balaban J connectivity index is 1.73. The minimum atomic E-state index is 1.03. The molecule has 2 aliphatic rings. The molecule has 0 aliphatic heterocycles. The molecule has 0 spiro atoms. The van der Waals surface area contributed by atoms with Crippen LogP contribution in [0, 0.1) is 23.7 Å². The molecule has 2 aliphatic carbocycles. The van der Waals surface area contributed by atoms with Gasteiger partial charge in [-0.3, -0.25) is 0 Å². The smallest absolute Gasteiger partial charge is 0.0386 e. The van der Waals surface area contributed by atoms with Gasteiger partial charge < -0.3 is 0 Å². The van der Waals surface area contributed by atoms with Crippen molar-refractivity contribution in [2.45, 2.75) is 78.1 Å². The average Bonchev–Trinajstić information content (AvgIpc) is 2.33. The topological polar surface area (TPSA) is 0 Å². The Morgan fingerprint density at radius 1 is 0.812 bits per heavy atom. The highest BCUT2D eigenvalue weighted by molar-refractivity contribution is 4.78. The molecular weight excluding hydrogens is 192 g/mol. The van der Waals surface area contributed by atoms with Gasteiger partial charge >= 0.3 is 0 Å². The van der Waals surface area contributed by atoms with E-state index in [2.05, 4.69) is 13.8 Å². The quantitative estimate of drug-likeness (QED) is 0.598. The highest BCUT2D eigenvalue weighted by Crippen LogP contribution is 2.39. The molecular formula is C16H30. The third-order valence-corrected chi connectivity index (χ3v) is 5.47. The lowest BCUT2D eigenvalue weighted by Crippen LogP contribution is -2.22. The zero-order valence-electron chi connectivity index (χ0n) is 11.4. The summed E-state index contributed by atoms with van der Waals surface area (Å²) in [5.41, 5.74) is 0. The first-order valence-corrected chi connectivity index (χ1v) is 7.79. The fraction of sp³-hybridized carbons (Fsp3) is 1.00. The fourth-order valence-electron chi connectivity index (χ4n) is 4.05. The zero-order valence-corrected chi connectivity index (χ0v) is 11.4. The molecule has 2 fully saturated rings. The molecule has 0 heteroatoms. The summed E-state index contributed by atoms with van der Waals surface area (Å²) in [6.07, 6.45) is 15.2. The van der Waals surface area contributed by atoms with E-state index in [1.54, 1.807) is 19.3 Å². The maximum absolute atomic E-state index is 2.50. The van der Waals surface area contributed by atoms with Gasteiger partial charge in [-0.25, -0.2) is 0 Å². The van der Waals surface area contributed by atoms with Gasteiger partial charge in [-0.15, -0.1) is 0 Å². The number of hydrogen-bond donors (Lipinski definition) is 0. The Labute approximate surface area is 102 Å². The van der Waals surface area contributed by atoms with E-state index >= 15 is 0 Å². The summed E-state index contributed by atoms with van der Waals surface area (Å²) in [6.45, 7) is 4.87. The van der Waals surface area contributed by atoms with Crippen LogP contribution in [0.25, 0.3) is 0 Å². The van der Waals surface area contributed by atoms with Gasteiger partial charge in [-0.2, -0.15) is 0 Å². The first-order chi connectivity index (χ1) is 7.79. The first kappa shape index (κ1) is 12.5. The van der Waals surface area contributed by atoms with Gasteiger partial charge in [0.1, 0.15) is 0 Å². The third-order valence-electron chi connectivity index (χ3n) is 5.47. The molecule has 2 unspecified atom stereocenters. The van der Waals surface area contributed by atoms with Crippen LogP contribution in [0.4, 0.5) is 0 Å². The Bertz CT molecular complexity index is 188. The molecule has 0 aromatic rings. The lowest BCUT2D eigenvalue weighted by molar-refractivity contribution is 0.171. The van der Waals surface area contributed by atoms with Crippen molar-refractivity contribution in [3.63, 3.8) is 0 Å². The maximum atomic E-state index is 2.50. The molecule has 2 atom stereocenters. The summed E-state index contributed by atoms with van der Waals surface area (Å²) in [5.74, 6) is 4.27. The van der Waals surface area contributed by atoms with Crippen molar-refractivity contribution < 1.29 is 0 Å². The van der Waals surface area contributed by atoms with Gasteiger partial charge in [-0.1, -0.05) is 71.6 Å². The van der Waals surface area contributed by atoms with E-state index in [1.165, 1.54) is 44.9 Å². The second kappa shape index (κ2) is 6.07. The molecule has 0 bridgehead atoms. The maximum Gasteiger partial charge on any atom is -0.0386 e. The monoisotopic (exact) mass is 222 g/mol. The van der Waals surface area contributed by atoms with Crippen LogP contribution >= 0.6 is 0 Å². The van der Waals surface area contributed by atoms with Crippen LogP contribution in [0.15, 0.2) is 0 Å². The second-order valence-corrected chi connectivity index (χ2v) is 6.55. The summed E-state index contributed by atoms with van der Waals surface area (Å²) < 4.78 is 0. The lowest BCUT2D eigenvalue weighted by atomic mass is 9.71. The van der Waals surface area contributed by atoms with Crippen LogP contribution in [0.1, 0.15) is 78.1 Å². The highest BCUT2D eigenvalue weighted by Gasteiger charge is 2.27. The van der Waals surface area contributed by atoms with Crippen LogP contribution < -0.4 is 0 Å². The first-order valence-electron chi connectivity index (χ1n) is 7.79. The summed E-state index contributed by atoms with van der Waals surface area (Å²) in [5, 5.41) is 0. The van der Waals surface area contributed by atoms with Crippen LogP contribution in [-0.2, 0) is 0 Å². The van der Waals surface area contributed by atoms with Crippen molar-refractivity contribution in [2.75, 3.05) is 0 Å². The van der Waals surface area contributed by atoms with Crippen LogP contribution in [0.2, 0.25) is 0 Å². The molecule has 0 N–H and O–H groups in total. The van der Waals surface area contributed by atoms with E-state index in [0.29, 0.717) is 0 Å². The predicted molar refractivity (Wildman–Crippen MR) is 71.5 cm³/mol. The molecule has 0 saturated heterocycles. The largest absolute Gasteiger partial charge is 0.0651 e. The SMILES string of the molecule is CCC1CCC(CC2CCCCC2C)CC1. The summed E-state index contributed by atoms with van der Waals surface area (Å²) in [7, 11) is 0. The van der Waals surface area contributed by atoms with E-state index in [-0.39, 0.29) is 0 Å². The van der Waals surface area contributed by atoms with E-state index in [0.717, 1.165) is 23.7 Å². The van der Waals surface area contributed by atoms with Gasteiger partial charge in [0.2, 0.25) is 0 Å². The summed E-state index contributed by atoms with van der Waals surface area (Å²) in [4.78, 5) is 0. The molecule has 0 amide bonds. The normalized spacial score (nSPS) is 40.9. The van der Waals surface area contributed by atoms with E-state index in [9.17, 15) is 0 Å². The molecule has 0 radical (unpaired) electrons. The summed E-state index contributed by atoms with van der Waals surface area (Å²) >= 11 is 0. The Morgan fingerprint density at radius 2 is 1.44 bits per heavy atom. The van der Waals surface area contributed by atoms with Gasteiger partial charge in [0.15, 0.2) is 0 Å². The van der Waals surface area contributed by atoms with Crippen molar-refractivity contribution in [1.82, 2.24) is 0 Å². The van der Waals surface area contributed by atoms with E-state index in [4.69, 9.17) is 0 Å². The molecule has 94 valence electrons. The van der Waals surface area contributed by atoms with Crippen molar-refractivity contribution in [1.29, 1.82) is 0 Å². The molecule has 0 aromatic carbocycles. The van der Waals surface area contributed by atoms with Gasteiger partial charge in [-0.05, 0) is 30.1 Å². The van der Waals surface area contributed by atoms with Crippen LogP contribution in [-0.4, -0.2) is 0 Å². The van der Waals surface area contributed by atoms with Gasteiger partial charge in [0, 0.05) is 0 Å². The van der Waals surface area contributed by atoms with E-state index in [1.807, 2.05) is 0 Å². The Hall–Kier alpha value is 0.